The summed E-state index contributed by atoms with van der Waals surface area (Å²) in [4.78, 5) is 2.05. The highest BCUT2D eigenvalue weighted by molar-refractivity contribution is 7.80. The zero-order chi connectivity index (χ0) is 17.5. The number of nitrogens with one attached hydrogen (secondary N) is 1. The van der Waals surface area contributed by atoms with Crippen LogP contribution in [0.3, 0.4) is 0 Å². The van der Waals surface area contributed by atoms with Crippen LogP contribution in [0.1, 0.15) is 39.5 Å². The second kappa shape index (κ2) is 8.99. The van der Waals surface area contributed by atoms with Crippen molar-refractivity contribution in [3.8, 4) is 11.5 Å². The number of aromatic nitrogens is 2. The molecule has 0 amide bonds. The van der Waals surface area contributed by atoms with E-state index >= 15 is 0 Å². The van der Waals surface area contributed by atoms with Crippen LogP contribution in [0.5, 0.6) is 0 Å². The molecule has 0 aliphatic rings. The molecule has 0 bridgehead atoms. The fourth-order valence-corrected chi connectivity index (χ4v) is 2.64. The topological polar surface area (TPSA) is 54.2 Å². The van der Waals surface area contributed by atoms with Gasteiger partial charge in [-0.25, -0.2) is 0 Å². The van der Waals surface area contributed by atoms with Crippen LogP contribution in [0.25, 0.3) is 11.5 Å². The van der Waals surface area contributed by atoms with Gasteiger partial charge in [0.2, 0.25) is 11.8 Å². The highest BCUT2D eigenvalue weighted by atomic mass is 35.5. The molecule has 7 heteroatoms. The van der Waals surface area contributed by atoms with Gasteiger partial charge in [0.05, 0.1) is 6.54 Å². The number of unbranched alkanes of at least 4 members (excludes halogenated alkanes) is 1. The first-order valence-electron chi connectivity index (χ1n) is 8.14. The summed E-state index contributed by atoms with van der Waals surface area (Å²) in [5, 5.41) is 12.9. The van der Waals surface area contributed by atoms with Gasteiger partial charge in [-0.2, -0.15) is 0 Å². The number of benzene rings is 1. The number of hydrogen-bond acceptors (Lipinski definition) is 4. The summed E-state index contributed by atoms with van der Waals surface area (Å²) in [5.74, 6) is 1.02. The maximum atomic E-state index is 5.90. The summed E-state index contributed by atoms with van der Waals surface area (Å²) in [7, 11) is 0. The molecule has 130 valence electrons. The fraction of sp³-hybridized carbons (Fsp3) is 0.471. The Balaban J connectivity index is 2.04. The molecule has 24 heavy (non-hydrogen) atoms. The molecule has 2 rings (SSSR count). The lowest BCUT2D eigenvalue weighted by Crippen LogP contribution is -2.43. The van der Waals surface area contributed by atoms with E-state index in [-0.39, 0.29) is 6.04 Å². The van der Waals surface area contributed by atoms with Crippen molar-refractivity contribution in [2.24, 2.45) is 0 Å². The van der Waals surface area contributed by atoms with Crippen molar-refractivity contribution in [2.45, 2.75) is 46.2 Å². The molecule has 0 saturated heterocycles. The third kappa shape index (κ3) is 5.18. The van der Waals surface area contributed by atoms with Crippen LogP contribution in [0.2, 0.25) is 5.02 Å². The van der Waals surface area contributed by atoms with E-state index in [1.165, 1.54) is 0 Å². The van der Waals surface area contributed by atoms with Crippen LogP contribution in [0.4, 0.5) is 0 Å². The van der Waals surface area contributed by atoms with Gasteiger partial charge in [0.15, 0.2) is 5.11 Å². The number of hydrogen-bond donors (Lipinski definition) is 1. The summed E-state index contributed by atoms with van der Waals surface area (Å²) in [6.45, 7) is 7.69. The molecule has 5 nitrogen and oxygen atoms in total. The molecule has 1 aromatic carbocycles. The van der Waals surface area contributed by atoms with Crippen molar-refractivity contribution in [1.29, 1.82) is 0 Å². The fourth-order valence-electron chi connectivity index (χ4n) is 2.13. The molecule has 1 aromatic heterocycles. The number of rotatable bonds is 7. The van der Waals surface area contributed by atoms with Crippen LogP contribution < -0.4 is 5.32 Å². The van der Waals surface area contributed by atoms with Gasteiger partial charge in [-0.3, -0.25) is 0 Å². The largest absolute Gasteiger partial charge is 0.419 e. The SMILES string of the molecule is CCCCNC(=S)N(Cc1nnc(-c2ccc(Cl)cc2)o1)C(C)C. The second-order valence-electron chi connectivity index (χ2n) is 5.81. The highest BCUT2D eigenvalue weighted by Crippen LogP contribution is 2.21. The van der Waals surface area contributed by atoms with E-state index in [2.05, 4.69) is 36.3 Å². The molecule has 0 aliphatic heterocycles. The number of nitrogens with zero attached hydrogens (tertiary/aromatic N) is 3. The first kappa shape index (κ1) is 18.7. The van der Waals surface area contributed by atoms with E-state index in [0.29, 0.717) is 28.5 Å². The van der Waals surface area contributed by atoms with Crippen molar-refractivity contribution in [2.75, 3.05) is 6.54 Å². The van der Waals surface area contributed by atoms with Gasteiger partial charge in [0, 0.05) is 23.2 Å². The average Bonchev–Trinajstić information content (AvgIpc) is 3.02. The average molecular weight is 367 g/mol. The first-order valence-corrected chi connectivity index (χ1v) is 8.92. The molecular formula is C17H23ClN4OS. The zero-order valence-electron chi connectivity index (χ0n) is 14.3. The van der Waals surface area contributed by atoms with Crippen LogP contribution in [-0.2, 0) is 6.54 Å². The van der Waals surface area contributed by atoms with Gasteiger partial charge >= 0.3 is 0 Å². The summed E-state index contributed by atoms with van der Waals surface area (Å²) < 4.78 is 5.77. The third-order valence-corrected chi connectivity index (χ3v) is 4.19. The van der Waals surface area contributed by atoms with Gasteiger partial charge < -0.3 is 14.6 Å². The Hall–Kier alpha value is -1.66. The van der Waals surface area contributed by atoms with E-state index < -0.39 is 0 Å². The number of halogens is 1. The van der Waals surface area contributed by atoms with Gasteiger partial charge in [-0.1, -0.05) is 24.9 Å². The van der Waals surface area contributed by atoms with Gasteiger partial charge in [-0.15, -0.1) is 10.2 Å². The second-order valence-corrected chi connectivity index (χ2v) is 6.64. The standard InChI is InChI=1S/C17H23ClN4OS/c1-4-5-10-19-17(24)22(12(2)3)11-15-20-21-16(23-15)13-6-8-14(18)9-7-13/h6-9,12H,4-5,10-11H2,1-3H3,(H,19,24). The predicted molar refractivity (Wildman–Crippen MR) is 101 cm³/mol. The summed E-state index contributed by atoms with van der Waals surface area (Å²) >= 11 is 11.4. The number of thiocarbonyl (C=S) groups is 1. The Morgan fingerprint density at radius 1 is 1.29 bits per heavy atom. The third-order valence-electron chi connectivity index (χ3n) is 3.55. The molecule has 1 heterocycles. The zero-order valence-corrected chi connectivity index (χ0v) is 15.8. The van der Waals surface area contributed by atoms with Gasteiger partial charge in [0.25, 0.3) is 0 Å². The summed E-state index contributed by atoms with van der Waals surface area (Å²) in [5.41, 5.74) is 0.845. The minimum Gasteiger partial charge on any atom is -0.419 e. The van der Waals surface area contributed by atoms with Crippen LogP contribution >= 0.6 is 23.8 Å². The molecule has 0 aliphatic carbocycles. The van der Waals surface area contributed by atoms with Crippen molar-refractivity contribution in [1.82, 2.24) is 20.4 Å². The monoisotopic (exact) mass is 366 g/mol. The molecule has 1 N–H and O–H groups in total. The summed E-state index contributed by atoms with van der Waals surface area (Å²) in [6, 6.07) is 7.55. The molecule has 0 unspecified atom stereocenters. The quantitative estimate of drug-likeness (QED) is 0.583. The lowest BCUT2D eigenvalue weighted by atomic mass is 10.2. The van der Waals surface area contributed by atoms with E-state index in [4.69, 9.17) is 28.2 Å². The van der Waals surface area contributed by atoms with Crippen LogP contribution in [-0.4, -0.2) is 32.8 Å². The van der Waals surface area contributed by atoms with Crippen molar-refractivity contribution >= 4 is 28.9 Å². The van der Waals surface area contributed by atoms with Crippen LogP contribution in [0.15, 0.2) is 28.7 Å². The molecule has 0 saturated carbocycles. The first-order chi connectivity index (χ1) is 11.5. The lowest BCUT2D eigenvalue weighted by molar-refractivity contribution is 0.301. The predicted octanol–water partition coefficient (Wildman–Crippen LogP) is 4.28. The Bertz CT molecular complexity index is 657. The van der Waals surface area contributed by atoms with E-state index in [1.807, 2.05) is 17.0 Å². The van der Waals surface area contributed by atoms with Crippen molar-refractivity contribution < 1.29 is 4.42 Å². The van der Waals surface area contributed by atoms with E-state index in [1.54, 1.807) is 12.1 Å². The Morgan fingerprint density at radius 2 is 2.00 bits per heavy atom. The molecule has 0 radical (unpaired) electrons. The normalized spacial score (nSPS) is 10.9. The minimum absolute atomic E-state index is 0.234. The molecule has 0 atom stereocenters. The highest BCUT2D eigenvalue weighted by Gasteiger charge is 2.18. The van der Waals surface area contributed by atoms with Crippen molar-refractivity contribution in [3.63, 3.8) is 0 Å². The lowest BCUT2D eigenvalue weighted by Gasteiger charge is -2.28. The van der Waals surface area contributed by atoms with E-state index in [9.17, 15) is 0 Å². The van der Waals surface area contributed by atoms with E-state index in [0.717, 1.165) is 24.9 Å². The minimum atomic E-state index is 0.234. The maximum Gasteiger partial charge on any atom is 0.247 e. The molecule has 0 spiro atoms. The van der Waals surface area contributed by atoms with Crippen molar-refractivity contribution in [3.05, 3.63) is 35.2 Å². The Morgan fingerprint density at radius 3 is 2.62 bits per heavy atom. The maximum absolute atomic E-state index is 5.90. The van der Waals surface area contributed by atoms with Crippen LogP contribution in [0, 0.1) is 0 Å². The Labute approximate surface area is 153 Å². The molecule has 0 fully saturated rings. The summed E-state index contributed by atoms with van der Waals surface area (Å²) in [6.07, 6.45) is 2.22. The molecule has 2 aromatic rings. The van der Waals surface area contributed by atoms with Gasteiger partial charge in [0.1, 0.15) is 0 Å². The molecular weight excluding hydrogens is 344 g/mol. The van der Waals surface area contributed by atoms with Gasteiger partial charge in [-0.05, 0) is 56.8 Å². The Kier molecular flexibility index (Phi) is 6.99. The smallest absolute Gasteiger partial charge is 0.247 e.